The number of benzene rings is 3. The second kappa shape index (κ2) is 11.1. The van der Waals surface area contributed by atoms with Crippen LogP contribution in [0, 0.1) is 28.4 Å². The van der Waals surface area contributed by atoms with E-state index in [2.05, 4.69) is 21.2 Å². The highest BCUT2D eigenvalue weighted by Crippen LogP contribution is 2.35. The van der Waals surface area contributed by atoms with Crippen LogP contribution in [0.25, 0.3) is 6.08 Å². The first-order valence-electron chi connectivity index (χ1n) is 10.0. The zero-order valence-electron chi connectivity index (χ0n) is 18.4. The van der Waals surface area contributed by atoms with Gasteiger partial charge in [0.25, 0.3) is 11.6 Å². The number of halogens is 1. The van der Waals surface area contributed by atoms with Gasteiger partial charge in [0.1, 0.15) is 18.2 Å². The number of methoxy groups -OCH3 is 1. The van der Waals surface area contributed by atoms with E-state index < -0.39 is 10.8 Å². The third-order valence-corrected chi connectivity index (χ3v) is 5.57. The van der Waals surface area contributed by atoms with E-state index in [4.69, 9.17) is 9.47 Å². The molecule has 3 aromatic rings. The van der Waals surface area contributed by atoms with Gasteiger partial charge in [-0.25, -0.2) is 0 Å². The molecule has 3 rings (SSSR count). The normalized spacial score (nSPS) is 10.8. The van der Waals surface area contributed by atoms with Gasteiger partial charge in [-0.15, -0.1) is 0 Å². The van der Waals surface area contributed by atoms with Gasteiger partial charge in [-0.3, -0.25) is 14.9 Å². The molecule has 8 nitrogen and oxygen atoms in total. The third kappa shape index (κ3) is 5.99. The second-order valence-electron chi connectivity index (χ2n) is 7.18. The number of non-ortho nitro benzene ring substituents is 1. The Balaban J connectivity index is 1.80. The number of hydrogen-bond acceptors (Lipinski definition) is 6. The van der Waals surface area contributed by atoms with E-state index in [-0.39, 0.29) is 17.9 Å². The van der Waals surface area contributed by atoms with Gasteiger partial charge in [-0.05, 0) is 60.0 Å². The molecule has 1 N–H and O–H groups in total. The van der Waals surface area contributed by atoms with Crippen LogP contribution < -0.4 is 14.8 Å². The molecule has 0 radical (unpaired) electrons. The van der Waals surface area contributed by atoms with Crippen LogP contribution in [0.15, 0.2) is 70.7 Å². The van der Waals surface area contributed by atoms with E-state index in [0.29, 0.717) is 27.2 Å². The number of anilines is 1. The number of para-hydroxylation sites is 1. The van der Waals surface area contributed by atoms with Crippen molar-refractivity contribution >= 4 is 39.3 Å². The molecule has 0 heterocycles. The van der Waals surface area contributed by atoms with Crippen molar-refractivity contribution < 1.29 is 19.2 Å². The molecule has 172 valence electrons. The van der Waals surface area contributed by atoms with Crippen LogP contribution in [-0.2, 0) is 11.4 Å². The maximum atomic E-state index is 12.6. The molecule has 3 aromatic carbocycles. The number of nitriles is 1. The lowest BCUT2D eigenvalue weighted by Gasteiger charge is -2.13. The fraction of sp³-hybridized carbons (Fsp3) is 0.120. The molecular weight excluding hydrogens is 502 g/mol. The van der Waals surface area contributed by atoms with E-state index >= 15 is 0 Å². The van der Waals surface area contributed by atoms with Gasteiger partial charge in [0.2, 0.25) is 0 Å². The summed E-state index contributed by atoms with van der Waals surface area (Å²) in [5.41, 5.74) is 2.72. The van der Waals surface area contributed by atoms with Crippen molar-refractivity contribution in [2.75, 3.05) is 12.4 Å². The topological polar surface area (TPSA) is 114 Å². The molecule has 0 bridgehead atoms. The molecule has 0 aromatic heterocycles. The average Bonchev–Trinajstić information content (AvgIpc) is 2.83. The largest absolute Gasteiger partial charge is 0.493 e. The summed E-state index contributed by atoms with van der Waals surface area (Å²) in [6, 6.07) is 18.6. The first-order valence-corrected chi connectivity index (χ1v) is 10.8. The van der Waals surface area contributed by atoms with Crippen molar-refractivity contribution in [3.8, 4) is 17.6 Å². The predicted octanol–water partition coefficient (Wildman–Crippen LogP) is 5.80. The number of carbonyl (C=O) groups is 1. The van der Waals surface area contributed by atoms with Crippen LogP contribution >= 0.6 is 15.9 Å². The highest BCUT2D eigenvalue weighted by molar-refractivity contribution is 9.10. The fourth-order valence-electron chi connectivity index (χ4n) is 3.02. The van der Waals surface area contributed by atoms with Gasteiger partial charge < -0.3 is 14.8 Å². The first kappa shape index (κ1) is 24.5. The lowest BCUT2D eigenvalue weighted by Crippen LogP contribution is -2.14. The van der Waals surface area contributed by atoms with E-state index in [1.54, 1.807) is 36.4 Å². The van der Waals surface area contributed by atoms with Crippen LogP contribution in [0.5, 0.6) is 11.5 Å². The summed E-state index contributed by atoms with van der Waals surface area (Å²) < 4.78 is 11.8. The zero-order valence-corrected chi connectivity index (χ0v) is 20.0. The Morgan fingerprint density at radius 1 is 1.18 bits per heavy atom. The number of aryl methyl sites for hydroxylation is 1. The number of rotatable bonds is 8. The smallest absolute Gasteiger partial charge is 0.269 e. The second-order valence-corrected chi connectivity index (χ2v) is 8.03. The SMILES string of the molecule is COc1cc(/C=C(/C#N)C(=O)Nc2ccccc2C)c(Br)cc1OCc1ccc([N+](=O)[O-])cc1. The number of carbonyl (C=O) groups excluding carboxylic acids is 1. The number of nitrogens with one attached hydrogen (secondary N) is 1. The Morgan fingerprint density at radius 3 is 2.50 bits per heavy atom. The molecule has 34 heavy (non-hydrogen) atoms. The molecule has 9 heteroatoms. The summed E-state index contributed by atoms with van der Waals surface area (Å²) in [4.78, 5) is 23.0. The van der Waals surface area contributed by atoms with Gasteiger partial charge >= 0.3 is 0 Å². The Labute approximate surface area is 204 Å². The predicted molar refractivity (Wildman–Crippen MR) is 132 cm³/mol. The summed E-state index contributed by atoms with van der Waals surface area (Å²) in [6.45, 7) is 2.03. The summed E-state index contributed by atoms with van der Waals surface area (Å²) in [5.74, 6) is 0.293. The molecule has 1 amide bonds. The minimum atomic E-state index is -0.527. The molecule has 0 unspecified atom stereocenters. The van der Waals surface area contributed by atoms with Crippen molar-refractivity contribution in [2.24, 2.45) is 0 Å². The number of amides is 1. The van der Waals surface area contributed by atoms with Crippen LogP contribution in [0.3, 0.4) is 0 Å². The summed E-state index contributed by atoms with van der Waals surface area (Å²) in [5, 5.41) is 23.1. The molecule has 0 saturated heterocycles. The van der Waals surface area contributed by atoms with E-state index in [9.17, 15) is 20.2 Å². The molecule has 0 aliphatic rings. The van der Waals surface area contributed by atoms with Crippen LogP contribution in [0.4, 0.5) is 11.4 Å². The molecule has 0 fully saturated rings. The van der Waals surface area contributed by atoms with Crippen molar-refractivity contribution in [2.45, 2.75) is 13.5 Å². The summed E-state index contributed by atoms with van der Waals surface area (Å²) >= 11 is 3.45. The quantitative estimate of drug-likeness (QED) is 0.173. The summed E-state index contributed by atoms with van der Waals surface area (Å²) in [7, 11) is 1.48. The Bertz CT molecular complexity index is 1300. The van der Waals surface area contributed by atoms with Gasteiger partial charge in [0.15, 0.2) is 11.5 Å². The highest BCUT2D eigenvalue weighted by Gasteiger charge is 2.15. The monoisotopic (exact) mass is 521 g/mol. The maximum Gasteiger partial charge on any atom is 0.269 e. The third-order valence-electron chi connectivity index (χ3n) is 4.88. The minimum Gasteiger partial charge on any atom is -0.493 e. The zero-order chi connectivity index (χ0) is 24.7. The maximum absolute atomic E-state index is 12.6. The number of ether oxygens (including phenoxy) is 2. The molecule has 0 spiro atoms. The number of hydrogen-bond donors (Lipinski definition) is 1. The average molecular weight is 522 g/mol. The standard InChI is InChI=1S/C25H20BrN3O5/c1-16-5-3-4-6-22(16)28-25(30)19(14-27)11-18-12-23(33-2)24(13-21(18)26)34-15-17-7-9-20(10-8-17)29(31)32/h3-13H,15H2,1-2H3,(H,28,30)/b19-11-. The van der Waals surface area contributed by atoms with Gasteiger partial charge in [0.05, 0.1) is 12.0 Å². The lowest BCUT2D eigenvalue weighted by molar-refractivity contribution is -0.384. The molecular formula is C25H20BrN3O5. The Kier molecular flexibility index (Phi) is 8.01. The van der Waals surface area contributed by atoms with Crippen molar-refractivity contribution in [1.82, 2.24) is 0 Å². The van der Waals surface area contributed by atoms with Gasteiger partial charge in [0, 0.05) is 22.3 Å². The molecule has 0 atom stereocenters. The minimum absolute atomic E-state index is 0.0000241. The van der Waals surface area contributed by atoms with Gasteiger partial charge in [-0.1, -0.05) is 34.1 Å². The van der Waals surface area contributed by atoms with E-state index in [0.717, 1.165) is 11.1 Å². The van der Waals surface area contributed by atoms with E-state index in [1.807, 2.05) is 25.1 Å². The number of nitro benzene ring substituents is 1. The molecule has 0 aliphatic heterocycles. The Hall–Kier alpha value is -4.16. The van der Waals surface area contributed by atoms with Gasteiger partial charge in [-0.2, -0.15) is 5.26 Å². The first-order chi connectivity index (χ1) is 16.3. The van der Waals surface area contributed by atoms with Crippen molar-refractivity contribution in [3.05, 3.63) is 97.5 Å². The summed E-state index contributed by atoms with van der Waals surface area (Å²) in [6.07, 6.45) is 1.46. The van der Waals surface area contributed by atoms with Crippen molar-refractivity contribution in [1.29, 1.82) is 5.26 Å². The molecule has 0 aliphatic carbocycles. The fourth-order valence-corrected chi connectivity index (χ4v) is 3.45. The van der Waals surface area contributed by atoms with Crippen LogP contribution in [-0.4, -0.2) is 17.9 Å². The highest BCUT2D eigenvalue weighted by atomic mass is 79.9. The lowest BCUT2D eigenvalue weighted by atomic mass is 10.1. The number of nitrogens with zero attached hydrogens (tertiary/aromatic N) is 2. The van der Waals surface area contributed by atoms with Crippen LogP contribution in [0.2, 0.25) is 0 Å². The van der Waals surface area contributed by atoms with Crippen LogP contribution in [0.1, 0.15) is 16.7 Å². The van der Waals surface area contributed by atoms with E-state index in [1.165, 1.54) is 25.3 Å². The molecule has 0 saturated carbocycles. The number of nitro groups is 1. The Morgan fingerprint density at radius 2 is 1.88 bits per heavy atom. The van der Waals surface area contributed by atoms with Crippen molar-refractivity contribution in [3.63, 3.8) is 0 Å².